The number of imidazole rings is 1. The van der Waals surface area contributed by atoms with Crippen LogP contribution >= 0.6 is 0 Å². The number of hydrogen-bond donors (Lipinski definition) is 1. The number of hydrogen-bond acceptors (Lipinski definition) is 3. The van der Waals surface area contributed by atoms with Crippen molar-refractivity contribution in [1.29, 1.82) is 0 Å². The summed E-state index contributed by atoms with van der Waals surface area (Å²) in [7, 11) is 2.22. The molecular weight excluding hydrogens is 224 g/mol. The molecule has 100 valence electrons. The fourth-order valence-electron chi connectivity index (χ4n) is 3.19. The van der Waals surface area contributed by atoms with Gasteiger partial charge in [0.2, 0.25) is 0 Å². The standard InChI is InChI=1S/C14H24N4/c1-17-6-4-11(5-7-17)8-13-10-18-9-12(15)2-3-14(18)16-13/h10-12H,2-9,15H2,1H3. The van der Waals surface area contributed by atoms with Crippen molar-refractivity contribution in [3.8, 4) is 0 Å². The summed E-state index contributed by atoms with van der Waals surface area (Å²) in [4.78, 5) is 7.22. The van der Waals surface area contributed by atoms with Crippen LogP contribution in [0.5, 0.6) is 0 Å². The summed E-state index contributed by atoms with van der Waals surface area (Å²) in [6.45, 7) is 3.43. The number of aryl methyl sites for hydroxylation is 1. The van der Waals surface area contributed by atoms with E-state index in [4.69, 9.17) is 10.7 Å². The molecule has 1 unspecified atom stereocenters. The summed E-state index contributed by atoms with van der Waals surface area (Å²) in [5.74, 6) is 2.08. The molecule has 0 bridgehead atoms. The van der Waals surface area contributed by atoms with Crippen molar-refractivity contribution >= 4 is 0 Å². The maximum Gasteiger partial charge on any atom is 0.109 e. The number of aromatic nitrogens is 2. The quantitative estimate of drug-likeness (QED) is 0.850. The summed E-state index contributed by atoms with van der Waals surface area (Å²) in [5, 5.41) is 0. The Bertz CT molecular complexity index is 404. The maximum atomic E-state index is 6.00. The van der Waals surface area contributed by atoms with Crippen LogP contribution in [0.2, 0.25) is 0 Å². The van der Waals surface area contributed by atoms with E-state index < -0.39 is 0 Å². The predicted octanol–water partition coefficient (Wildman–Crippen LogP) is 1.04. The van der Waals surface area contributed by atoms with E-state index in [9.17, 15) is 0 Å². The molecule has 0 radical (unpaired) electrons. The van der Waals surface area contributed by atoms with E-state index in [1.54, 1.807) is 0 Å². The Morgan fingerprint density at radius 3 is 2.89 bits per heavy atom. The van der Waals surface area contributed by atoms with Crippen molar-refractivity contribution in [2.75, 3.05) is 20.1 Å². The zero-order valence-electron chi connectivity index (χ0n) is 11.3. The van der Waals surface area contributed by atoms with E-state index in [2.05, 4.69) is 22.7 Å². The second-order valence-electron chi connectivity index (χ2n) is 6.05. The largest absolute Gasteiger partial charge is 0.333 e. The third-order valence-corrected chi connectivity index (χ3v) is 4.41. The topological polar surface area (TPSA) is 47.1 Å². The van der Waals surface area contributed by atoms with Crippen molar-refractivity contribution in [2.24, 2.45) is 11.7 Å². The molecule has 2 N–H and O–H groups in total. The minimum absolute atomic E-state index is 0.322. The van der Waals surface area contributed by atoms with Crippen LogP contribution in [0.15, 0.2) is 6.20 Å². The molecule has 2 aliphatic rings. The molecule has 1 atom stereocenters. The van der Waals surface area contributed by atoms with Gasteiger partial charge in [-0.25, -0.2) is 4.98 Å². The van der Waals surface area contributed by atoms with Crippen molar-refractivity contribution in [3.05, 3.63) is 17.7 Å². The molecule has 0 amide bonds. The smallest absolute Gasteiger partial charge is 0.109 e. The second-order valence-corrected chi connectivity index (χ2v) is 6.05. The van der Waals surface area contributed by atoms with Crippen LogP contribution < -0.4 is 5.73 Å². The van der Waals surface area contributed by atoms with E-state index in [0.29, 0.717) is 6.04 Å². The van der Waals surface area contributed by atoms with Gasteiger partial charge in [-0.05, 0) is 51.7 Å². The first-order valence-corrected chi connectivity index (χ1v) is 7.20. The Kier molecular flexibility index (Phi) is 3.39. The first-order chi connectivity index (χ1) is 8.70. The highest BCUT2D eigenvalue weighted by Crippen LogP contribution is 2.22. The van der Waals surface area contributed by atoms with Crippen LogP contribution in [-0.2, 0) is 19.4 Å². The number of piperidine rings is 1. The average Bonchev–Trinajstić information content (AvgIpc) is 2.73. The normalized spacial score (nSPS) is 26.2. The van der Waals surface area contributed by atoms with Gasteiger partial charge in [0.25, 0.3) is 0 Å². The highest BCUT2D eigenvalue weighted by atomic mass is 15.1. The third kappa shape index (κ3) is 2.59. The van der Waals surface area contributed by atoms with Crippen LogP contribution in [0.1, 0.15) is 30.8 Å². The van der Waals surface area contributed by atoms with Crippen molar-refractivity contribution < 1.29 is 0 Å². The fourth-order valence-corrected chi connectivity index (χ4v) is 3.19. The molecule has 18 heavy (non-hydrogen) atoms. The summed E-state index contributed by atoms with van der Waals surface area (Å²) in [5.41, 5.74) is 7.29. The van der Waals surface area contributed by atoms with Gasteiger partial charge in [0, 0.05) is 25.2 Å². The van der Waals surface area contributed by atoms with Gasteiger partial charge in [0.05, 0.1) is 5.69 Å². The van der Waals surface area contributed by atoms with Gasteiger partial charge in [0.15, 0.2) is 0 Å². The monoisotopic (exact) mass is 248 g/mol. The minimum atomic E-state index is 0.322. The van der Waals surface area contributed by atoms with Crippen LogP contribution in [0.25, 0.3) is 0 Å². The minimum Gasteiger partial charge on any atom is -0.333 e. The molecule has 0 aliphatic carbocycles. The lowest BCUT2D eigenvalue weighted by atomic mass is 9.93. The number of nitrogens with zero attached hydrogens (tertiary/aromatic N) is 3. The molecule has 1 saturated heterocycles. The average molecular weight is 248 g/mol. The molecule has 3 heterocycles. The number of nitrogens with two attached hydrogens (primary N) is 1. The van der Waals surface area contributed by atoms with Crippen molar-refractivity contribution in [3.63, 3.8) is 0 Å². The Morgan fingerprint density at radius 2 is 2.11 bits per heavy atom. The van der Waals surface area contributed by atoms with Gasteiger partial charge in [-0.1, -0.05) is 0 Å². The lowest BCUT2D eigenvalue weighted by Gasteiger charge is -2.28. The lowest BCUT2D eigenvalue weighted by molar-refractivity contribution is 0.218. The Labute approximate surface area is 109 Å². The van der Waals surface area contributed by atoms with E-state index in [-0.39, 0.29) is 0 Å². The third-order valence-electron chi connectivity index (χ3n) is 4.41. The summed E-state index contributed by atoms with van der Waals surface area (Å²) in [6.07, 6.45) is 8.17. The molecule has 0 saturated carbocycles. The maximum absolute atomic E-state index is 6.00. The van der Waals surface area contributed by atoms with Crippen molar-refractivity contribution in [1.82, 2.24) is 14.5 Å². The molecule has 0 aromatic carbocycles. The first kappa shape index (κ1) is 12.2. The van der Waals surface area contributed by atoms with Gasteiger partial charge in [-0.15, -0.1) is 0 Å². The van der Waals surface area contributed by atoms with E-state index in [0.717, 1.165) is 31.7 Å². The molecule has 0 spiro atoms. The van der Waals surface area contributed by atoms with Crippen LogP contribution in [0.3, 0.4) is 0 Å². The lowest BCUT2D eigenvalue weighted by Crippen LogP contribution is -2.31. The number of rotatable bonds is 2. The van der Waals surface area contributed by atoms with Gasteiger partial charge in [-0.2, -0.15) is 0 Å². The Hall–Kier alpha value is -0.870. The molecule has 2 aliphatic heterocycles. The fraction of sp³-hybridized carbons (Fsp3) is 0.786. The number of fused-ring (bicyclic) bond motifs is 1. The highest BCUT2D eigenvalue weighted by molar-refractivity contribution is 5.08. The summed E-state index contributed by atoms with van der Waals surface area (Å²) in [6, 6.07) is 0.322. The molecular formula is C14H24N4. The molecule has 4 nitrogen and oxygen atoms in total. The van der Waals surface area contributed by atoms with Gasteiger partial charge < -0.3 is 15.2 Å². The molecule has 3 rings (SSSR count). The van der Waals surface area contributed by atoms with Crippen LogP contribution in [-0.4, -0.2) is 40.6 Å². The summed E-state index contributed by atoms with van der Waals surface area (Å²) >= 11 is 0. The van der Waals surface area contributed by atoms with E-state index >= 15 is 0 Å². The summed E-state index contributed by atoms with van der Waals surface area (Å²) < 4.78 is 2.28. The molecule has 1 aromatic heterocycles. The van der Waals surface area contributed by atoms with Gasteiger partial charge in [-0.3, -0.25) is 0 Å². The SMILES string of the molecule is CN1CCC(Cc2cn3c(n2)CCC(N)C3)CC1. The number of likely N-dealkylation sites (tertiary alicyclic amines) is 1. The molecule has 1 fully saturated rings. The zero-order chi connectivity index (χ0) is 12.5. The molecule has 1 aromatic rings. The van der Waals surface area contributed by atoms with Gasteiger partial charge in [0.1, 0.15) is 5.82 Å². The van der Waals surface area contributed by atoms with Crippen LogP contribution in [0, 0.1) is 5.92 Å². The van der Waals surface area contributed by atoms with Gasteiger partial charge >= 0.3 is 0 Å². The second kappa shape index (κ2) is 5.02. The Balaban J connectivity index is 1.63. The first-order valence-electron chi connectivity index (χ1n) is 7.20. The predicted molar refractivity (Wildman–Crippen MR) is 72.4 cm³/mol. The zero-order valence-corrected chi connectivity index (χ0v) is 11.3. The Morgan fingerprint density at radius 1 is 1.33 bits per heavy atom. The highest BCUT2D eigenvalue weighted by Gasteiger charge is 2.21. The van der Waals surface area contributed by atoms with E-state index in [1.165, 1.54) is 37.4 Å². The van der Waals surface area contributed by atoms with E-state index in [1.807, 2.05) is 0 Å². The molecule has 4 heteroatoms. The van der Waals surface area contributed by atoms with Crippen molar-refractivity contribution in [2.45, 2.75) is 44.7 Å². The van der Waals surface area contributed by atoms with Crippen LogP contribution in [0.4, 0.5) is 0 Å².